The molecule has 1 saturated heterocycles. The van der Waals surface area contributed by atoms with Gasteiger partial charge in [-0.25, -0.2) is 27.6 Å². The zero-order valence-corrected chi connectivity index (χ0v) is 26.9. The van der Waals surface area contributed by atoms with E-state index in [0.717, 1.165) is 23.0 Å². The van der Waals surface area contributed by atoms with Gasteiger partial charge in [-0.3, -0.25) is 9.89 Å². The minimum Gasteiger partial charge on any atom is -0.325 e. The number of aromatic nitrogens is 4. The number of hydrogen-bond acceptors (Lipinski definition) is 7. The summed E-state index contributed by atoms with van der Waals surface area (Å²) in [7, 11) is -3.94. The van der Waals surface area contributed by atoms with Crippen molar-refractivity contribution >= 4 is 43.9 Å². The number of halogens is 1. The SMILES string of the molecule is CS(=O)(=O)[C@@]1(C(=O)Nc2ccc3[nH]nc(-c4ccc(F)cc4)c3c2)CCN(C(=O)N2CC=C(c3ccc(-c4ncccn4)cc3)CC2)C1. The van der Waals surface area contributed by atoms with Crippen LogP contribution in [0.2, 0.25) is 0 Å². The molecule has 1 atom stereocenters. The number of nitrogens with zero attached hydrogens (tertiary/aromatic N) is 5. The summed E-state index contributed by atoms with van der Waals surface area (Å²) in [5.41, 5.74) is 5.39. The number of H-pyrrole nitrogens is 1. The number of amides is 3. The maximum atomic E-state index is 13.8. The topological polar surface area (TPSA) is 141 Å². The summed E-state index contributed by atoms with van der Waals surface area (Å²) in [6.45, 7) is 0.712. The first-order valence-electron chi connectivity index (χ1n) is 15.5. The molecule has 2 N–H and O–H groups in total. The second-order valence-corrected chi connectivity index (χ2v) is 14.4. The van der Waals surface area contributed by atoms with Gasteiger partial charge >= 0.3 is 6.03 Å². The van der Waals surface area contributed by atoms with Gasteiger partial charge in [0.15, 0.2) is 20.4 Å². The van der Waals surface area contributed by atoms with E-state index >= 15 is 0 Å². The number of carbonyl (C=O) groups excluding carboxylic acids is 2. The summed E-state index contributed by atoms with van der Waals surface area (Å²) in [5, 5.41) is 10.7. The molecule has 0 spiro atoms. The fourth-order valence-corrected chi connectivity index (χ4v) is 7.59. The Kier molecular flexibility index (Phi) is 7.99. The summed E-state index contributed by atoms with van der Waals surface area (Å²) in [4.78, 5) is 39.1. The molecule has 1 fully saturated rings. The van der Waals surface area contributed by atoms with Crippen LogP contribution in [0.4, 0.5) is 14.9 Å². The third-order valence-electron chi connectivity index (χ3n) is 9.12. The van der Waals surface area contributed by atoms with Crippen molar-refractivity contribution in [3.05, 3.63) is 103 Å². The van der Waals surface area contributed by atoms with Crippen molar-refractivity contribution in [1.82, 2.24) is 30.0 Å². The summed E-state index contributed by atoms with van der Waals surface area (Å²) >= 11 is 0. The monoisotopic (exact) mass is 665 g/mol. The van der Waals surface area contributed by atoms with Crippen molar-refractivity contribution in [1.29, 1.82) is 0 Å². The normalized spacial score (nSPS) is 18.2. The van der Waals surface area contributed by atoms with Crippen LogP contribution in [0, 0.1) is 5.82 Å². The first-order chi connectivity index (χ1) is 23.1. The van der Waals surface area contributed by atoms with Gasteiger partial charge in [-0.05, 0) is 72.5 Å². The van der Waals surface area contributed by atoms with Gasteiger partial charge < -0.3 is 15.1 Å². The average molecular weight is 666 g/mol. The van der Waals surface area contributed by atoms with Crippen LogP contribution >= 0.6 is 0 Å². The van der Waals surface area contributed by atoms with Crippen LogP contribution in [0.5, 0.6) is 0 Å². The highest BCUT2D eigenvalue weighted by molar-refractivity contribution is 7.93. The largest absolute Gasteiger partial charge is 0.325 e. The van der Waals surface area contributed by atoms with Gasteiger partial charge in [0.05, 0.1) is 17.8 Å². The van der Waals surface area contributed by atoms with Gasteiger partial charge in [-0.15, -0.1) is 0 Å². The summed E-state index contributed by atoms with van der Waals surface area (Å²) in [5.74, 6) is -0.418. The second-order valence-electron chi connectivity index (χ2n) is 12.1. The van der Waals surface area contributed by atoms with Gasteiger partial charge in [-0.2, -0.15) is 5.10 Å². The maximum Gasteiger partial charge on any atom is 0.320 e. The molecule has 5 aromatic rings. The Morgan fingerprint density at radius 3 is 2.31 bits per heavy atom. The van der Waals surface area contributed by atoms with E-state index in [-0.39, 0.29) is 31.4 Å². The van der Waals surface area contributed by atoms with Gasteiger partial charge in [0.2, 0.25) is 5.91 Å². The lowest BCUT2D eigenvalue weighted by Crippen LogP contribution is -2.53. The van der Waals surface area contributed by atoms with E-state index in [2.05, 4.69) is 25.5 Å². The van der Waals surface area contributed by atoms with Crippen molar-refractivity contribution in [3.63, 3.8) is 0 Å². The highest BCUT2D eigenvalue weighted by atomic mass is 32.2. The molecule has 11 nitrogen and oxygen atoms in total. The van der Waals surface area contributed by atoms with Crippen molar-refractivity contribution in [2.45, 2.75) is 17.6 Å². The predicted molar refractivity (Wildman–Crippen MR) is 181 cm³/mol. The smallest absolute Gasteiger partial charge is 0.320 e. The lowest BCUT2D eigenvalue weighted by molar-refractivity contribution is -0.118. The number of aromatic amines is 1. The number of rotatable bonds is 6. The average Bonchev–Trinajstić information content (AvgIpc) is 3.75. The van der Waals surface area contributed by atoms with E-state index < -0.39 is 20.5 Å². The van der Waals surface area contributed by atoms with Crippen molar-refractivity contribution in [2.75, 3.05) is 37.8 Å². The Morgan fingerprint density at radius 1 is 0.917 bits per heavy atom. The van der Waals surface area contributed by atoms with Crippen LogP contribution in [0.15, 0.2) is 91.3 Å². The Morgan fingerprint density at radius 2 is 1.62 bits per heavy atom. The third-order valence-corrected chi connectivity index (χ3v) is 11.1. The van der Waals surface area contributed by atoms with Crippen LogP contribution in [0.1, 0.15) is 18.4 Å². The highest BCUT2D eigenvalue weighted by Gasteiger charge is 2.54. The molecule has 2 aliphatic rings. The lowest BCUT2D eigenvalue weighted by atomic mass is 9.98. The van der Waals surface area contributed by atoms with E-state index in [0.29, 0.717) is 53.2 Å². The van der Waals surface area contributed by atoms with Crippen LogP contribution in [-0.2, 0) is 14.6 Å². The van der Waals surface area contributed by atoms with Crippen LogP contribution in [0.3, 0.4) is 0 Å². The predicted octanol–water partition coefficient (Wildman–Crippen LogP) is 5.16. The van der Waals surface area contributed by atoms with E-state index in [1.807, 2.05) is 30.3 Å². The Bertz CT molecular complexity index is 2150. The molecule has 2 aliphatic heterocycles. The number of hydrogen-bond donors (Lipinski definition) is 2. The molecule has 0 saturated carbocycles. The number of urea groups is 1. The van der Waals surface area contributed by atoms with Gasteiger partial charge in [0, 0.05) is 60.5 Å². The first-order valence-corrected chi connectivity index (χ1v) is 17.4. The van der Waals surface area contributed by atoms with E-state index in [9.17, 15) is 22.4 Å². The minimum absolute atomic E-state index is 0.0232. The van der Waals surface area contributed by atoms with E-state index in [4.69, 9.17) is 0 Å². The van der Waals surface area contributed by atoms with Gasteiger partial charge in [0.1, 0.15) is 5.82 Å². The Hall–Kier alpha value is -5.43. The van der Waals surface area contributed by atoms with Crippen LogP contribution < -0.4 is 5.32 Å². The molecule has 7 rings (SSSR count). The fraction of sp³-hybridized carbons (Fsp3) is 0.229. The molecular weight excluding hydrogens is 633 g/mol. The quantitative estimate of drug-likeness (QED) is 0.255. The lowest BCUT2D eigenvalue weighted by Gasteiger charge is -2.32. The van der Waals surface area contributed by atoms with E-state index in [1.165, 1.54) is 17.0 Å². The molecule has 3 amide bonds. The maximum absolute atomic E-state index is 13.8. The molecule has 0 bridgehead atoms. The second kappa shape index (κ2) is 12.3. The van der Waals surface area contributed by atoms with Gasteiger partial charge in [0.25, 0.3) is 0 Å². The van der Waals surface area contributed by atoms with Crippen LogP contribution in [0.25, 0.3) is 39.1 Å². The van der Waals surface area contributed by atoms with Crippen molar-refractivity contribution in [3.8, 4) is 22.6 Å². The third kappa shape index (κ3) is 5.81. The standard InChI is InChI=1S/C35H32FN7O4S/c1-48(46,47)35(33(44)39-28-11-12-30-29(21-28)31(41-40-30)25-7-9-27(36)10-8-25)15-20-43(22-35)34(45)42-18-13-24(14-19-42)23-3-5-26(6-4-23)32-37-16-2-17-38-32/h2-13,16-17,21H,14-15,18-20,22H2,1H3,(H,39,44)(H,40,41)/t35-/m0/s1. The molecular formula is C35H32FN7O4S. The summed E-state index contributed by atoms with van der Waals surface area (Å²) in [6.07, 6.45) is 7.06. The molecule has 2 aromatic heterocycles. The molecule has 48 heavy (non-hydrogen) atoms. The highest BCUT2D eigenvalue weighted by Crippen LogP contribution is 2.34. The number of nitrogens with one attached hydrogen (secondary N) is 2. The molecule has 0 aliphatic carbocycles. The molecule has 13 heteroatoms. The Balaban J connectivity index is 1.04. The number of sulfone groups is 1. The summed E-state index contributed by atoms with van der Waals surface area (Å²) < 4.78 is 38.1. The first kappa shape index (κ1) is 31.2. The zero-order chi connectivity index (χ0) is 33.5. The number of benzene rings is 3. The number of likely N-dealkylation sites (tertiary alicyclic amines) is 1. The van der Waals surface area contributed by atoms with E-state index in [1.54, 1.807) is 53.7 Å². The summed E-state index contributed by atoms with van der Waals surface area (Å²) in [6, 6.07) is 20.4. The molecule has 3 aromatic carbocycles. The fourth-order valence-electron chi connectivity index (χ4n) is 6.35. The number of fused-ring (bicyclic) bond motifs is 1. The van der Waals surface area contributed by atoms with Crippen molar-refractivity contribution < 1.29 is 22.4 Å². The molecule has 4 heterocycles. The minimum atomic E-state index is -3.94. The zero-order valence-electron chi connectivity index (χ0n) is 26.1. The molecule has 244 valence electrons. The van der Waals surface area contributed by atoms with Gasteiger partial charge in [-0.1, -0.05) is 30.3 Å². The molecule has 0 unspecified atom stereocenters. The van der Waals surface area contributed by atoms with Crippen molar-refractivity contribution in [2.24, 2.45) is 0 Å². The molecule has 0 radical (unpaired) electrons. The number of carbonyl (C=O) groups is 2. The number of anilines is 1. The Labute approximate surface area is 276 Å². The van der Waals surface area contributed by atoms with Crippen LogP contribution in [-0.4, -0.2) is 87.5 Å².